The van der Waals surface area contributed by atoms with Crippen molar-refractivity contribution in [3.63, 3.8) is 0 Å². The van der Waals surface area contributed by atoms with Gasteiger partial charge in [0.05, 0.1) is 10.9 Å². The molecule has 0 N–H and O–H groups in total. The molecule has 4 aromatic rings. The fourth-order valence-corrected chi connectivity index (χ4v) is 3.26. The van der Waals surface area contributed by atoms with Gasteiger partial charge in [0.15, 0.2) is 0 Å². The van der Waals surface area contributed by atoms with E-state index in [0.29, 0.717) is 22.0 Å². The van der Waals surface area contributed by atoms with Crippen molar-refractivity contribution in [3.8, 4) is 5.88 Å². The first-order chi connectivity index (χ1) is 12.5. The Labute approximate surface area is 161 Å². The zero-order valence-corrected chi connectivity index (χ0v) is 16.0. The van der Waals surface area contributed by atoms with Crippen LogP contribution in [0.25, 0.3) is 21.9 Å². The Morgan fingerprint density at radius 2 is 2.00 bits per heavy atom. The number of fused-ring (bicyclic) bond motifs is 2. The van der Waals surface area contributed by atoms with Gasteiger partial charge in [-0.15, -0.1) is 0 Å². The van der Waals surface area contributed by atoms with E-state index in [4.69, 9.17) is 20.8 Å². The summed E-state index contributed by atoms with van der Waals surface area (Å²) in [5, 5.41) is 2.12. The van der Waals surface area contributed by atoms with Crippen molar-refractivity contribution in [2.45, 2.75) is 13.5 Å². The highest BCUT2D eigenvalue weighted by molar-refractivity contribution is 9.10. The van der Waals surface area contributed by atoms with Gasteiger partial charge in [-0.2, -0.15) is 0 Å². The zero-order valence-electron chi connectivity index (χ0n) is 13.6. The molecule has 7 heteroatoms. The minimum absolute atomic E-state index is 0.153. The molecule has 2 heterocycles. The molecule has 0 saturated carbocycles. The maximum atomic E-state index is 11.9. The van der Waals surface area contributed by atoms with E-state index in [1.54, 1.807) is 12.1 Å². The Bertz CT molecular complexity index is 1210. The van der Waals surface area contributed by atoms with Crippen LogP contribution in [0.1, 0.15) is 11.1 Å². The lowest BCUT2D eigenvalue weighted by Gasteiger charge is -2.10. The second kappa shape index (κ2) is 6.70. The lowest BCUT2D eigenvalue weighted by molar-refractivity contribution is 0.298. The summed E-state index contributed by atoms with van der Waals surface area (Å²) >= 11 is 9.67. The molecule has 0 bridgehead atoms. The fraction of sp³-hybridized carbons (Fsp3) is 0.105. The van der Waals surface area contributed by atoms with Crippen LogP contribution in [0, 0.1) is 6.92 Å². The van der Waals surface area contributed by atoms with E-state index in [1.165, 1.54) is 12.4 Å². The molecule has 0 fully saturated rings. The average molecular weight is 432 g/mol. The molecule has 0 amide bonds. The highest BCUT2D eigenvalue weighted by Gasteiger charge is 2.11. The quantitative estimate of drug-likeness (QED) is 0.425. The molecule has 0 saturated heterocycles. The molecule has 26 heavy (non-hydrogen) atoms. The molecule has 0 radical (unpaired) electrons. The predicted molar refractivity (Wildman–Crippen MR) is 104 cm³/mol. The Kier molecular flexibility index (Phi) is 4.38. The first kappa shape index (κ1) is 17.0. The van der Waals surface area contributed by atoms with E-state index >= 15 is 0 Å². The van der Waals surface area contributed by atoms with Gasteiger partial charge < -0.3 is 9.15 Å². The van der Waals surface area contributed by atoms with E-state index < -0.39 is 5.63 Å². The molecule has 0 atom stereocenters. The van der Waals surface area contributed by atoms with Gasteiger partial charge in [0.25, 0.3) is 0 Å². The third kappa shape index (κ3) is 3.18. The van der Waals surface area contributed by atoms with Gasteiger partial charge in [0.1, 0.15) is 18.5 Å². The van der Waals surface area contributed by atoms with Crippen LogP contribution in [-0.2, 0) is 6.61 Å². The summed E-state index contributed by atoms with van der Waals surface area (Å²) in [6.45, 7) is 2.01. The fourth-order valence-electron chi connectivity index (χ4n) is 2.73. The Balaban J connectivity index is 1.76. The minimum Gasteiger partial charge on any atom is -0.472 e. The number of benzene rings is 2. The summed E-state index contributed by atoms with van der Waals surface area (Å²) in [4.78, 5) is 20.3. The maximum Gasteiger partial charge on any atom is 0.336 e. The van der Waals surface area contributed by atoms with Crippen LogP contribution in [0.5, 0.6) is 5.88 Å². The van der Waals surface area contributed by atoms with Gasteiger partial charge in [-0.3, -0.25) is 0 Å². The van der Waals surface area contributed by atoms with Crippen LogP contribution >= 0.6 is 27.5 Å². The molecule has 130 valence electrons. The first-order valence-corrected chi connectivity index (χ1v) is 8.94. The summed E-state index contributed by atoms with van der Waals surface area (Å²) in [5.74, 6) is 0.441. The van der Waals surface area contributed by atoms with Crippen LogP contribution < -0.4 is 10.4 Å². The van der Waals surface area contributed by atoms with Crippen molar-refractivity contribution in [3.05, 3.63) is 73.8 Å². The monoisotopic (exact) mass is 430 g/mol. The molecule has 0 aliphatic carbocycles. The number of rotatable bonds is 3. The van der Waals surface area contributed by atoms with Gasteiger partial charge in [-0.05, 0) is 42.8 Å². The summed E-state index contributed by atoms with van der Waals surface area (Å²) < 4.78 is 12.1. The maximum absolute atomic E-state index is 11.9. The highest BCUT2D eigenvalue weighted by atomic mass is 79.9. The van der Waals surface area contributed by atoms with E-state index in [1.807, 2.05) is 25.1 Å². The molecular formula is C19H12BrClN2O3. The van der Waals surface area contributed by atoms with Crippen molar-refractivity contribution in [2.75, 3.05) is 0 Å². The van der Waals surface area contributed by atoms with E-state index in [2.05, 4.69) is 25.9 Å². The van der Waals surface area contributed by atoms with Crippen molar-refractivity contribution >= 4 is 49.4 Å². The molecule has 0 aliphatic rings. The van der Waals surface area contributed by atoms with Crippen molar-refractivity contribution in [2.24, 2.45) is 0 Å². The molecule has 0 spiro atoms. The number of halogens is 2. The van der Waals surface area contributed by atoms with E-state index in [0.717, 1.165) is 26.3 Å². The SMILES string of the molecule is Cc1cc2oc(=O)cc(COc3ncnc4ccc(Br)cc34)c2cc1Cl. The summed E-state index contributed by atoms with van der Waals surface area (Å²) in [6.07, 6.45) is 1.45. The van der Waals surface area contributed by atoms with E-state index in [9.17, 15) is 4.79 Å². The lowest BCUT2D eigenvalue weighted by atomic mass is 10.1. The zero-order chi connectivity index (χ0) is 18.3. The Hall–Kier alpha value is -2.44. The molecule has 0 unspecified atom stereocenters. The van der Waals surface area contributed by atoms with Gasteiger partial charge in [-0.1, -0.05) is 27.5 Å². The second-order valence-corrected chi connectivity index (χ2v) is 7.14. The molecule has 5 nitrogen and oxygen atoms in total. The lowest BCUT2D eigenvalue weighted by Crippen LogP contribution is -2.05. The summed E-state index contributed by atoms with van der Waals surface area (Å²) in [6, 6.07) is 10.6. The third-order valence-electron chi connectivity index (χ3n) is 4.03. The van der Waals surface area contributed by atoms with Crippen LogP contribution in [-0.4, -0.2) is 9.97 Å². The molecule has 4 rings (SSSR count). The second-order valence-electron chi connectivity index (χ2n) is 5.82. The standard InChI is InChI=1S/C19H12BrClN2O3/c1-10-4-17-13(7-15(10)21)11(5-18(24)26-17)8-25-19-14-6-12(20)2-3-16(14)22-9-23-19/h2-7,9H,8H2,1H3. The van der Waals surface area contributed by atoms with Crippen LogP contribution in [0.2, 0.25) is 5.02 Å². The largest absolute Gasteiger partial charge is 0.472 e. The van der Waals surface area contributed by atoms with E-state index in [-0.39, 0.29) is 6.61 Å². The summed E-state index contributed by atoms with van der Waals surface area (Å²) in [7, 11) is 0. The molecule has 0 aliphatic heterocycles. The molecule has 2 aromatic carbocycles. The van der Waals surface area contributed by atoms with Crippen molar-refractivity contribution in [1.29, 1.82) is 0 Å². The number of ether oxygens (including phenoxy) is 1. The Morgan fingerprint density at radius 3 is 2.85 bits per heavy atom. The predicted octanol–water partition coefficient (Wildman–Crippen LogP) is 5.04. The first-order valence-electron chi connectivity index (χ1n) is 7.77. The van der Waals surface area contributed by atoms with Gasteiger partial charge in [0, 0.05) is 26.5 Å². The average Bonchev–Trinajstić information content (AvgIpc) is 2.61. The molecular weight excluding hydrogens is 420 g/mol. The third-order valence-corrected chi connectivity index (χ3v) is 4.94. The summed E-state index contributed by atoms with van der Waals surface area (Å²) in [5.41, 5.74) is 2.34. The van der Waals surface area contributed by atoms with Crippen molar-refractivity contribution in [1.82, 2.24) is 9.97 Å². The van der Waals surface area contributed by atoms with Gasteiger partial charge in [-0.25, -0.2) is 14.8 Å². The van der Waals surface area contributed by atoms with Gasteiger partial charge in [0.2, 0.25) is 5.88 Å². The smallest absolute Gasteiger partial charge is 0.336 e. The number of aromatic nitrogens is 2. The number of hydrogen-bond donors (Lipinski definition) is 0. The number of aryl methyl sites for hydroxylation is 1. The minimum atomic E-state index is -0.437. The number of nitrogens with zero attached hydrogens (tertiary/aromatic N) is 2. The van der Waals surface area contributed by atoms with Crippen LogP contribution in [0.3, 0.4) is 0 Å². The topological polar surface area (TPSA) is 65.2 Å². The number of hydrogen-bond acceptors (Lipinski definition) is 5. The van der Waals surface area contributed by atoms with Crippen LogP contribution in [0.4, 0.5) is 0 Å². The van der Waals surface area contributed by atoms with Crippen LogP contribution in [0.15, 0.2) is 56.4 Å². The molecule has 2 aromatic heterocycles. The normalized spacial score (nSPS) is 11.2. The van der Waals surface area contributed by atoms with Crippen molar-refractivity contribution < 1.29 is 9.15 Å². The Morgan fingerprint density at radius 1 is 1.15 bits per heavy atom. The highest BCUT2D eigenvalue weighted by Crippen LogP contribution is 2.28. The van der Waals surface area contributed by atoms with Gasteiger partial charge >= 0.3 is 5.63 Å².